The van der Waals surface area contributed by atoms with Gasteiger partial charge in [0.15, 0.2) is 0 Å². The summed E-state index contributed by atoms with van der Waals surface area (Å²) in [6.07, 6.45) is 3.77. The van der Waals surface area contributed by atoms with E-state index in [-0.39, 0.29) is 85.4 Å². The molecule has 5 N–H and O–H groups in total. The lowest BCUT2D eigenvalue weighted by Crippen LogP contribution is -2.20. The molecule has 5 rings (SSSR count). The van der Waals surface area contributed by atoms with Crippen LogP contribution < -0.4 is 0 Å². The van der Waals surface area contributed by atoms with Gasteiger partial charge in [-0.15, -0.1) is 74.4 Å². The summed E-state index contributed by atoms with van der Waals surface area (Å²) in [5.41, 5.74) is 10.0. The SMILES string of the molecule is CCCc1nc2c(C)cc(-c3nc(CC)c(CC)n3CCN(C)C)cc2n1Cc1ccc(-c2ccccc2C(=O)O)cc1.Cl.Cl.Cl.Cl.Cl.Cl.O.O. The van der Waals surface area contributed by atoms with Gasteiger partial charge in [0.1, 0.15) is 11.6 Å². The summed E-state index contributed by atoms with van der Waals surface area (Å²) in [6.45, 7) is 11.3. The van der Waals surface area contributed by atoms with Crippen molar-refractivity contribution < 1.29 is 20.9 Å². The average molecular weight is 833 g/mol. The first-order chi connectivity index (χ1) is 20.7. The van der Waals surface area contributed by atoms with Crippen LogP contribution in [-0.2, 0) is 32.4 Å². The molecule has 0 aliphatic rings. The van der Waals surface area contributed by atoms with Crippen molar-refractivity contribution in [2.45, 2.75) is 66.5 Å². The number of carboxylic acids is 1. The number of rotatable bonds is 12. The first kappa shape index (κ1) is 55.2. The van der Waals surface area contributed by atoms with Gasteiger partial charge >= 0.3 is 5.97 Å². The van der Waals surface area contributed by atoms with Crippen molar-refractivity contribution in [3.63, 3.8) is 0 Å². The van der Waals surface area contributed by atoms with Crippen molar-refractivity contribution in [3.8, 4) is 22.5 Å². The van der Waals surface area contributed by atoms with Gasteiger partial charge in [0.2, 0.25) is 0 Å². The third-order valence-electron chi connectivity index (χ3n) is 8.21. The van der Waals surface area contributed by atoms with Crippen LogP contribution >= 0.6 is 74.4 Å². The second kappa shape index (κ2) is 24.6. The van der Waals surface area contributed by atoms with E-state index in [9.17, 15) is 9.90 Å². The third-order valence-corrected chi connectivity index (χ3v) is 8.21. The summed E-state index contributed by atoms with van der Waals surface area (Å²) >= 11 is 0. The molecule has 0 spiro atoms. The lowest BCUT2D eigenvalue weighted by atomic mass is 9.98. The number of imidazole rings is 2. The van der Waals surface area contributed by atoms with Crippen molar-refractivity contribution >= 4 is 91.4 Å². The standard InChI is InChI=1S/C36H43N5O2.6ClH.2H2O/c1-7-12-33-38-34-24(4)21-27(35-37-30(8-2)31(9-3)40(35)20-19-39(5)6)22-32(34)41(33)23-25-15-17-26(18-16-25)28-13-10-11-14-29(28)36(42)43;;;;;;;;/h10-11,13-18,21-22H,7-9,12,19-20,23H2,1-6H3,(H,42,43);6*1H;2*1H2. The fourth-order valence-corrected chi connectivity index (χ4v) is 6.03. The number of aromatic nitrogens is 4. The molecule has 2 aromatic heterocycles. The molecule has 5 aromatic rings. The minimum atomic E-state index is -0.917. The predicted octanol–water partition coefficient (Wildman–Crippen LogP) is 8.14. The summed E-state index contributed by atoms with van der Waals surface area (Å²) in [5, 5.41) is 9.66. The molecule has 0 amide bonds. The predicted molar refractivity (Wildman–Crippen MR) is 226 cm³/mol. The molecule has 9 nitrogen and oxygen atoms in total. The molecule has 0 aliphatic carbocycles. The van der Waals surface area contributed by atoms with Crippen LogP contribution in [-0.4, -0.2) is 66.7 Å². The highest BCUT2D eigenvalue weighted by Crippen LogP contribution is 2.31. The van der Waals surface area contributed by atoms with Gasteiger partial charge in [-0.25, -0.2) is 14.8 Å². The number of hydrogen-bond donors (Lipinski definition) is 1. The van der Waals surface area contributed by atoms with Crippen LogP contribution in [0, 0.1) is 6.92 Å². The highest BCUT2D eigenvalue weighted by molar-refractivity contribution is 5.96. The van der Waals surface area contributed by atoms with Gasteiger partial charge in [-0.3, -0.25) is 0 Å². The Morgan fingerprint density at radius 1 is 0.804 bits per heavy atom. The van der Waals surface area contributed by atoms with E-state index >= 15 is 0 Å². The Morgan fingerprint density at radius 3 is 1.98 bits per heavy atom. The zero-order valence-corrected chi connectivity index (χ0v) is 34.7. The van der Waals surface area contributed by atoms with Gasteiger partial charge in [-0.05, 0) is 80.7 Å². The van der Waals surface area contributed by atoms with Crippen molar-refractivity contribution in [3.05, 3.63) is 94.6 Å². The van der Waals surface area contributed by atoms with Crippen LogP contribution in [0.1, 0.15) is 65.9 Å². The Balaban J connectivity index is -0.00000138. The normalized spacial score (nSPS) is 9.78. The Labute approximate surface area is 338 Å². The average Bonchev–Trinajstić information content (AvgIpc) is 3.54. The molecule has 0 unspecified atom stereocenters. The van der Waals surface area contributed by atoms with Crippen LogP contribution in [0.5, 0.6) is 0 Å². The van der Waals surface area contributed by atoms with E-state index in [0.717, 1.165) is 89.3 Å². The van der Waals surface area contributed by atoms with Gasteiger partial charge in [-0.2, -0.15) is 0 Å². The van der Waals surface area contributed by atoms with E-state index in [4.69, 9.17) is 9.97 Å². The molecule has 0 radical (unpaired) electrons. The van der Waals surface area contributed by atoms with E-state index < -0.39 is 5.97 Å². The molecule has 288 valence electrons. The quantitative estimate of drug-likeness (QED) is 0.135. The number of likely N-dealkylation sites (N-methyl/N-ethyl adjacent to an activating group) is 1. The van der Waals surface area contributed by atoms with E-state index in [1.54, 1.807) is 12.1 Å². The Kier molecular flexibility index (Phi) is 26.7. The smallest absolute Gasteiger partial charge is 0.336 e. The summed E-state index contributed by atoms with van der Waals surface area (Å²) in [5.74, 6) is 1.20. The zero-order chi connectivity index (χ0) is 30.7. The molecule has 0 saturated heterocycles. The van der Waals surface area contributed by atoms with E-state index in [1.165, 1.54) is 11.4 Å². The first-order valence-corrected chi connectivity index (χ1v) is 15.4. The number of fused-ring (bicyclic) bond motifs is 1. The number of carboxylic acid groups (broad SMARTS) is 1. The maximum absolute atomic E-state index is 11.8. The van der Waals surface area contributed by atoms with Gasteiger partial charge in [0, 0.05) is 37.3 Å². The van der Waals surface area contributed by atoms with E-state index in [2.05, 4.69) is 80.1 Å². The summed E-state index contributed by atoms with van der Waals surface area (Å²) in [7, 11) is 4.23. The molecule has 0 fully saturated rings. The lowest BCUT2D eigenvalue weighted by molar-refractivity contribution is 0.0697. The molecule has 3 aromatic carbocycles. The topological polar surface area (TPSA) is 139 Å². The van der Waals surface area contributed by atoms with Crippen LogP contribution in [0.25, 0.3) is 33.5 Å². The van der Waals surface area contributed by atoms with Crippen LogP contribution in [0.3, 0.4) is 0 Å². The summed E-state index contributed by atoms with van der Waals surface area (Å²) < 4.78 is 4.77. The maximum Gasteiger partial charge on any atom is 0.336 e. The van der Waals surface area contributed by atoms with Crippen LogP contribution in [0.4, 0.5) is 0 Å². The highest BCUT2D eigenvalue weighted by atomic mass is 35.5. The lowest BCUT2D eigenvalue weighted by Gasteiger charge is -2.16. The Morgan fingerprint density at radius 2 is 1.43 bits per heavy atom. The minimum Gasteiger partial charge on any atom is -0.478 e. The number of aryl methyl sites for hydroxylation is 3. The first-order valence-electron chi connectivity index (χ1n) is 15.4. The van der Waals surface area contributed by atoms with Crippen LogP contribution in [0.2, 0.25) is 0 Å². The van der Waals surface area contributed by atoms with Crippen molar-refractivity contribution in [2.24, 2.45) is 0 Å². The van der Waals surface area contributed by atoms with Crippen molar-refractivity contribution in [1.29, 1.82) is 0 Å². The second-order valence-corrected chi connectivity index (χ2v) is 11.6. The van der Waals surface area contributed by atoms with Crippen molar-refractivity contribution in [1.82, 2.24) is 24.0 Å². The minimum absolute atomic E-state index is 0. The zero-order valence-electron chi connectivity index (χ0n) is 29.8. The fourth-order valence-electron chi connectivity index (χ4n) is 6.03. The van der Waals surface area contributed by atoms with Gasteiger partial charge < -0.3 is 30.1 Å². The number of halogens is 6. The van der Waals surface area contributed by atoms with Gasteiger partial charge in [0.05, 0.1) is 22.3 Å². The second-order valence-electron chi connectivity index (χ2n) is 11.6. The number of nitrogens with zero attached hydrogens (tertiary/aromatic N) is 5. The molecule has 0 aliphatic heterocycles. The largest absolute Gasteiger partial charge is 0.478 e. The Bertz CT molecular complexity index is 1780. The maximum atomic E-state index is 11.8. The fraction of sp³-hybridized carbons (Fsp3) is 0.361. The third kappa shape index (κ3) is 12.0. The van der Waals surface area contributed by atoms with Gasteiger partial charge in [0.25, 0.3) is 0 Å². The monoisotopic (exact) mass is 829 g/mol. The number of carbonyl (C=O) groups is 1. The molecule has 51 heavy (non-hydrogen) atoms. The molecule has 15 heteroatoms. The molecular weight excluding hydrogens is 779 g/mol. The molecule has 0 saturated carbocycles. The van der Waals surface area contributed by atoms with E-state index in [1.807, 2.05) is 24.3 Å². The summed E-state index contributed by atoms with van der Waals surface area (Å²) in [6, 6.07) is 19.9. The van der Waals surface area contributed by atoms with Crippen molar-refractivity contribution in [2.75, 3.05) is 20.6 Å². The molecule has 2 heterocycles. The number of benzene rings is 3. The summed E-state index contributed by atoms with van der Waals surface area (Å²) in [4.78, 5) is 24.3. The Hall–Kier alpha value is -2.57. The van der Waals surface area contributed by atoms with Gasteiger partial charge in [-0.1, -0.05) is 63.2 Å². The molecular formula is C36H53Cl6N5O4. The number of hydrogen-bond acceptors (Lipinski definition) is 4. The highest BCUT2D eigenvalue weighted by Gasteiger charge is 2.20. The molecule has 0 bridgehead atoms. The number of aromatic carboxylic acids is 1. The van der Waals surface area contributed by atoms with E-state index in [0.29, 0.717) is 12.1 Å². The molecule has 0 atom stereocenters. The van der Waals surface area contributed by atoms with Crippen LogP contribution in [0.15, 0.2) is 60.7 Å².